The summed E-state index contributed by atoms with van der Waals surface area (Å²) in [5.41, 5.74) is 7.31. The van der Waals surface area contributed by atoms with Gasteiger partial charge in [0.15, 0.2) is 0 Å². The van der Waals surface area contributed by atoms with Crippen molar-refractivity contribution in [2.75, 3.05) is 6.61 Å². The summed E-state index contributed by atoms with van der Waals surface area (Å²) in [6, 6.07) is 7.89. The number of hydrogen-bond donors (Lipinski definition) is 1. The molecule has 2 N–H and O–H groups in total. The zero-order valence-electron chi connectivity index (χ0n) is 11.8. The fourth-order valence-electron chi connectivity index (χ4n) is 1.94. The Morgan fingerprint density at radius 2 is 1.72 bits per heavy atom. The van der Waals surface area contributed by atoms with Crippen molar-refractivity contribution in [2.45, 2.75) is 52.4 Å². The van der Waals surface area contributed by atoms with E-state index in [1.807, 2.05) is 45.0 Å². The van der Waals surface area contributed by atoms with Gasteiger partial charge in [-0.25, -0.2) is 0 Å². The minimum atomic E-state index is -0.0805. The standard InChI is InChI=1S/C15H25NO2/c1-5-14(17-6-2)15(16)12-7-9-13(10-8-12)18-11(3)4/h7-11,14-15H,5-6,16H2,1-4H3. The molecule has 1 aromatic carbocycles. The zero-order valence-corrected chi connectivity index (χ0v) is 11.8. The van der Waals surface area contributed by atoms with E-state index in [-0.39, 0.29) is 18.2 Å². The molecule has 0 bridgehead atoms. The van der Waals surface area contributed by atoms with Crippen molar-refractivity contribution in [2.24, 2.45) is 5.73 Å². The summed E-state index contributed by atoms with van der Waals surface area (Å²) in [6.07, 6.45) is 1.18. The van der Waals surface area contributed by atoms with Crippen LogP contribution in [0.5, 0.6) is 5.75 Å². The molecule has 0 fully saturated rings. The van der Waals surface area contributed by atoms with Crippen molar-refractivity contribution in [3.63, 3.8) is 0 Å². The normalized spacial score (nSPS) is 14.6. The van der Waals surface area contributed by atoms with Crippen LogP contribution in [0, 0.1) is 0 Å². The third-order valence-corrected chi connectivity index (χ3v) is 2.82. The van der Waals surface area contributed by atoms with Crippen LogP contribution in [0.15, 0.2) is 24.3 Å². The largest absolute Gasteiger partial charge is 0.491 e. The molecule has 0 radical (unpaired) electrons. The maximum Gasteiger partial charge on any atom is 0.119 e. The van der Waals surface area contributed by atoms with E-state index in [4.69, 9.17) is 15.2 Å². The van der Waals surface area contributed by atoms with E-state index >= 15 is 0 Å². The average molecular weight is 251 g/mol. The van der Waals surface area contributed by atoms with Crippen molar-refractivity contribution >= 4 is 0 Å². The molecule has 2 atom stereocenters. The fraction of sp³-hybridized carbons (Fsp3) is 0.600. The summed E-state index contributed by atoms with van der Waals surface area (Å²) in [4.78, 5) is 0. The predicted octanol–water partition coefficient (Wildman–Crippen LogP) is 3.29. The molecule has 0 aliphatic carbocycles. The molecule has 18 heavy (non-hydrogen) atoms. The Hall–Kier alpha value is -1.06. The third kappa shape index (κ3) is 4.31. The number of benzene rings is 1. The molecule has 102 valence electrons. The number of nitrogens with two attached hydrogens (primary N) is 1. The lowest BCUT2D eigenvalue weighted by Gasteiger charge is -2.23. The first kappa shape index (κ1) is 15.0. The molecule has 0 amide bonds. The molecule has 0 spiro atoms. The molecule has 3 heteroatoms. The van der Waals surface area contributed by atoms with Gasteiger partial charge in [-0.1, -0.05) is 19.1 Å². The third-order valence-electron chi connectivity index (χ3n) is 2.82. The summed E-state index contributed by atoms with van der Waals surface area (Å²) in [6.45, 7) is 8.82. The highest BCUT2D eigenvalue weighted by atomic mass is 16.5. The lowest BCUT2D eigenvalue weighted by atomic mass is 10.0. The first-order valence-electron chi connectivity index (χ1n) is 6.72. The highest BCUT2D eigenvalue weighted by Crippen LogP contribution is 2.22. The van der Waals surface area contributed by atoms with Gasteiger partial charge in [0, 0.05) is 6.61 Å². The van der Waals surface area contributed by atoms with Gasteiger partial charge in [-0.2, -0.15) is 0 Å². The highest BCUT2D eigenvalue weighted by molar-refractivity contribution is 5.29. The monoisotopic (exact) mass is 251 g/mol. The van der Waals surface area contributed by atoms with Crippen LogP contribution in [0.3, 0.4) is 0 Å². The molecular weight excluding hydrogens is 226 g/mol. The van der Waals surface area contributed by atoms with Crippen LogP contribution >= 0.6 is 0 Å². The summed E-state index contributed by atoms with van der Waals surface area (Å²) >= 11 is 0. The number of hydrogen-bond acceptors (Lipinski definition) is 3. The first-order valence-corrected chi connectivity index (χ1v) is 6.72. The van der Waals surface area contributed by atoms with Gasteiger partial charge in [0.25, 0.3) is 0 Å². The molecule has 1 aromatic rings. The molecule has 0 saturated heterocycles. The minimum Gasteiger partial charge on any atom is -0.491 e. The van der Waals surface area contributed by atoms with Gasteiger partial charge in [-0.3, -0.25) is 0 Å². The second kappa shape index (κ2) is 7.39. The SMILES string of the molecule is CCOC(CC)C(N)c1ccc(OC(C)C)cc1. The van der Waals surface area contributed by atoms with E-state index in [1.165, 1.54) is 0 Å². The van der Waals surface area contributed by atoms with E-state index in [2.05, 4.69) is 6.92 Å². The van der Waals surface area contributed by atoms with Gasteiger partial charge in [0.2, 0.25) is 0 Å². The maximum atomic E-state index is 6.22. The smallest absolute Gasteiger partial charge is 0.119 e. The van der Waals surface area contributed by atoms with Crippen LogP contribution in [0.2, 0.25) is 0 Å². The van der Waals surface area contributed by atoms with Gasteiger partial charge in [0.05, 0.1) is 18.2 Å². The Kier molecular flexibility index (Phi) is 6.16. The Balaban J connectivity index is 2.71. The topological polar surface area (TPSA) is 44.5 Å². The summed E-state index contributed by atoms with van der Waals surface area (Å²) in [7, 11) is 0. The van der Waals surface area contributed by atoms with Crippen molar-refractivity contribution < 1.29 is 9.47 Å². The van der Waals surface area contributed by atoms with Gasteiger partial charge in [-0.05, 0) is 44.9 Å². The van der Waals surface area contributed by atoms with Gasteiger partial charge in [-0.15, -0.1) is 0 Å². The lowest BCUT2D eigenvalue weighted by Crippen LogP contribution is -2.28. The van der Waals surface area contributed by atoms with Crippen molar-refractivity contribution in [3.8, 4) is 5.75 Å². The second-order valence-corrected chi connectivity index (χ2v) is 4.66. The van der Waals surface area contributed by atoms with E-state index < -0.39 is 0 Å². The molecule has 3 nitrogen and oxygen atoms in total. The Morgan fingerprint density at radius 3 is 2.17 bits per heavy atom. The molecule has 2 unspecified atom stereocenters. The lowest BCUT2D eigenvalue weighted by molar-refractivity contribution is 0.0413. The van der Waals surface area contributed by atoms with Gasteiger partial charge in [0.1, 0.15) is 5.75 Å². The highest BCUT2D eigenvalue weighted by Gasteiger charge is 2.17. The Bertz CT molecular complexity index is 335. The van der Waals surface area contributed by atoms with E-state index in [1.54, 1.807) is 0 Å². The predicted molar refractivity (Wildman–Crippen MR) is 74.8 cm³/mol. The quantitative estimate of drug-likeness (QED) is 0.808. The summed E-state index contributed by atoms with van der Waals surface area (Å²) in [5.74, 6) is 0.880. The number of rotatable bonds is 7. The van der Waals surface area contributed by atoms with Crippen LogP contribution in [0.25, 0.3) is 0 Å². The van der Waals surface area contributed by atoms with Crippen molar-refractivity contribution in [3.05, 3.63) is 29.8 Å². The molecule has 0 saturated carbocycles. The first-order chi connectivity index (χ1) is 8.58. The number of ether oxygens (including phenoxy) is 2. The maximum absolute atomic E-state index is 6.22. The molecule has 1 rings (SSSR count). The van der Waals surface area contributed by atoms with Crippen LogP contribution in [0.1, 0.15) is 45.7 Å². The molecule has 0 heterocycles. The average Bonchev–Trinajstić information content (AvgIpc) is 2.35. The van der Waals surface area contributed by atoms with Crippen LogP contribution in [-0.4, -0.2) is 18.8 Å². The second-order valence-electron chi connectivity index (χ2n) is 4.66. The van der Waals surface area contributed by atoms with Crippen molar-refractivity contribution in [1.82, 2.24) is 0 Å². The van der Waals surface area contributed by atoms with Crippen LogP contribution in [-0.2, 0) is 4.74 Å². The van der Waals surface area contributed by atoms with E-state index in [9.17, 15) is 0 Å². The summed E-state index contributed by atoms with van der Waals surface area (Å²) in [5, 5.41) is 0. The fourth-order valence-corrected chi connectivity index (χ4v) is 1.94. The Morgan fingerprint density at radius 1 is 1.11 bits per heavy atom. The Labute approximate surface area is 110 Å². The zero-order chi connectivity index (χ0) is 13.5. The van der Waals surface area contributed by atoms with E-state index in [0.29, 0.717) is 6.61 Å². The van der Waals surface area contributed by atoms with Gasteiger partial charge >= 0.3 is 0 Å². The van der Waals surface area contributed by atoms with Crippen LogP contribution < -0.4 is 10.5 Å². The minimum absolute atomic E-state index is 0.0758. The molecule has 0 aliphatic rings. The van der Waals surface area contributed by atoms with Crippen molar-refractivity contribution in [1.29, 1.82) is 0 Å². The molecule has 0 aromatic heterocycles. The molecule has 0 aliphatic heterocycles. The van der Waals surface area contributed by atoms with Crippen LogP contribution in [0.4, 0.5) is 0 Å². The summed E-state index contributed by atoms with van der Waals surface area (Å²) < 4.78 is 11.3. The van der Waals surface area contributed by atoms with Gasteiger partial charge < -0.3 is 15.2 Å². The molecular formula is C15H25NO2. The van der Waals surface area contributed by atoms with E-state index in [0.717, 1.165) is 17.7 Å².